The summed E-state index contributed by atoms with van der Waals surface area (Å²) in [6.07, 6.45) is 4.26. The highest BCUT2D eigenvalue weighted by molar-refractivity contribution is 7.89. The Morgan fingerprint density at radius 1 is 1.28 bits per heavy atom. The van der Waals surface area contributed by atoms with E-state index in [-0.39, 0.29) is 23.2 Å². The zero-order chi connectivity index (χ0) is 17.7. The van der Waals surface area contributed by atoms with E-state index in [1.165, 1.54) is 10.4 Å². The smallest absolute Gasteiger partial charge is 0.243 e. The van der Waals surface area contributed by atoms with Gasteiger partial charge in [0.05, 0.1) is 10.9 Å². The van der Waals surface area contributed by atoms with E-state index in [1.807, 2.05) is 6.92 Å². The van der Waals surface area contributed by atoms with E-state index in [4.69, 9.17) is 5.73 Å². The lowest BCUT2D eigenvalue weighted by molar-refractivity contribution is -0.117. The molecule has 1 aromatic rings. The van der Waals surface area contributed by atoms with Crippen LogP contribution in [0.4, 0.5) is 5.69 Å². The SMILES string of the molecule is CCCC(N)C(=O)Nc1ccc(C)c(S(=O)(=O)N2CCCCC2)c1.Cl. The number of nitrogens with zero attached hydrogens (tertiary/aromatic N) is 1. The Balaban J connectivity index is 0.00000312. The molecule has 1 unspecified atom stereocenters. The predicted molar refractivity (Wildman–Crippen MR) is 103 cm³/mol. The molecule has 0 radical (unpaired) electrons. The van der Waals surface area contributed by atoms with E-state index >= 15 is 0 Å². The fraction of sp³-hybridized carbons (Fsp3) is 0.588. The van der Waals surface area contributed by atoms with Crippen LogP contribution in [0.2, 0.25) is 0 Å². The number of nitrogens with two attached hydrogens (primary N) is 1. The number of nitrogens with one attached hydrogen (secondary N) is 1. The number of hydrogen-bond donors (Lipinski definition) is 2. The minimum absolute atomic E-state index is 0. The molecular formula is C17H28ClN3O3S. The fourth-order valence-electron chi connectivity index (χ4n) is 2.88. The van der Waals surface area contributed by atoms with E-state index in [0.717, 1.165) is 25.7 Å². The van der Waals surface area contributed by atoms with Gasteiger partial charge in [-0.05, 0) is 43.9 Å². The van der Waals surface area contributed by atoms with Crippen LogP contribution in [0.15, 0.2) is 23.1 Å². The molecule has 0 saturated carbocycles. The second kappa shape index (κ2) is 9.52. The molecule has 1 aliphatic heterocycles. The zero-order valence-electron chi connectivity index (χ0n) is 14.8. The van der Waals surface area contributed by atoms with Gasteiger partial charge in [0.2, 0.25) is 15.9 Å². The Morgan fingerprint density at radius 3 is 2.52 bits per heavy atom. The van der Waals surface area contributed by atoms with Crippen molar-refractivity contribution in [3.05, 3.63) is 23.8 Å². The molecule has 2 rings (SSSR count). The van der Waals surface area contributed by atoms with Gasteiger partial charge in [-0.25, -0.2) is 8.42 Å². The van der Waals surface area contributed by atoms with Gasteiger partial charge < -0.3 is 11.1 Å². The van der Waals surface area contributed by atoms with E-state index in [1.54, 1.807) is 19.1 Å². The highest BCUT2D eigenvalue weighted by Gasteiger charge is 2.27. The first kappa shape index (κ1) is 21.9. The maximum absolute atomic E-state index is 12.9. The molecular weight excluding hydrogens is 362 g/mol. The number of carbonyl (C=O) groups is 1. The number of carbonyl (C=O) groups excluding carboxylic acids is 1. The minimum Gasteiger partial charge on any atom is -0.325 e. The maximum Gasteiger partial charge on any atom is 0.243 e. The number of hydrogen-bond acceptors (Lipinski definition) is 4. The monoisotopic (exact) mass is 389 g/mol. The number of aryl methyl sites for hydroxylation is 1. The standard InChI is InChI=1S/C17H27N3O3S.ClH/c1-3-7-15(18)17(21)19-14-9-8-13(2)16(12-14)24(22,23)20-10-5-4-6-11-20;/h8-9,12,15H,3-7,10-11,18H2,1-2H3,(H,19,21);1H. The van der Waals surface area contributed by atoms with Crippen molar-refractivity contribution in [1.29, 1.82) is 0 Å². The number of sulfonamides is 1. The normalized spacial score (nSPS) is 16.8. The van der Waals surface area contributed by atoms with E-state index in [0.29, 0.717) is 30.8 Å². The lowest BCUT2D eigenvalue weighted by atomic mass is 10.1. The van der Waals surface area contributed by atoms with Crippen molar-refractivity contribution >= 4 is 34.0 Å². The first-order chi connectivity index (χ1) is 11.4. The third kappa shape index (κ3) is 5.41. The Morgan fingerprint density at radius 2 is 1.92 bits per heavy atom. The summed E-state index contributed by atoms with van der Waals surface area (Å²) in [6, 6.07) is 4.38. The van der Waals surface area contributed by atoms with Crippen LogP contribution in [-0.4, -0.2) is 37.8 Å². The molecule has 1 atom stereocenters. The lowest BCUT2D eigenvalue weighted by Gasteiger charge is -2.26. The number of rotatable bonds is 6. The van der Waals surface area contributed by atoms with Gasteiger partial charge in [0.15, 0.2) is 0 Å². The van der Waals surface area contributed by atoms with Crippen molar-refractivity contribution in [2.24, 2.45) is 5.73 Å². The Bertz CT molecular complexity index is 688. The van der Waals surface area contributed by atoms with E-state index < -0.39 is 16.1 Å². The molecule has 0 spiro atoms. The average Bonchev–Trinajstić information content (AvgIpc) is 2.57. The largest absolute Gasteiger partial charge is 0.325 e. The van der Waals surface area contributed by atoms with Crippen molar-refractivity contribution in [3.63, 3.8) is 0 Å². The topological polar surface area (TPSA) is 92.5 Å². The number of piperidine rings is 1. The van der Waals surface area contributed by atoms with Crippen molar-refractivity contribution in [2.75, 3.05) is 18.4 Å². The molecule has 142 valence electrons. The van der Waals surface area contributed by atoms with Crippen LogP contribution in [0.1, 0.15) is 44.6 Å². The molecule has 1 saturated heterocycles. The average molecular weight is 390 g/mol. The summed E-state index contributed by atoms with van der Waals surface area (Å²) >= 11 is 0. The lowest BCUT2D eigenvalue weighted by Crippen LogP contribution is -2.36. The molecule has 25 heavy (non-hydrogen) atoms. The van der Waals surface area contributed by atoms with Crippen LogP contribution < -0.4 is 11.1 Å². The fourth-order valence-corrected chi connectivity index (χ4v) is 4.65. The third-order valence-corrected chi connectivity index (χ3v) is 6.37. The molecule has 1 fully saturated rings. The summed E-state index contributed by atoms with van der Waals surface area (Å²) in [5.41, 5.74) is 6.95. The highest BCUT2D eigenvalue weighted by atomic mass is 35.5. The van der Waals surface area contributed by atoms with Crippen molar-refractivity contribution in [1.82, 2.24) is 4.31 Å². The van der Waals surface area contributed by atoms with Crippen LogP contribution in [0.25, 0.3) is 0 Å². The van der Waals surface area contributed by atoms with Gasteiger partial charge in [-0.1, -0.05) is 25.8 Å². The molecule has 0 bridgehead atoms. The molecule has 3 N–H and O–H groups in total. The van der Waals surface area contributed by atoms with Gasteiger partial charge >= 0.3 is 0 Å². The predicted octanol–water partition coefficient (Wildman–Crippen LogP) is 2.66. The molecule has 0 aromatic heterocycles. The maximum atomic E-state index is 12.9. The zero-order valence-corrected chi connectivity index (χ0v) is 16.5. The first-order valence-electron chi connectivity index (χ1n) is 8.53. The van der Waals surface area contributed by atoms with Crippen LogP contribution in [0.5, 0.6) is 0 Å². The molecule has 6 nitrogen and oxygen atoms in total. The Hall–Kier alpha value is -1.15. The van der Waals surface area contributed by atoms with E-state index in [2.05, 4.69) is 5.32 Å². The van der Waals surface area contributed by atoms with Crippen LogP contribution in [0.3, 0.4) is 0 Å². The molecule has 8 heteroatoms. The second-order valence-corrected chi connectivity index (χ2v) is 8.24. The van der Waals surface area contributed by atoms with Crippen molar-refractivity contribution in [2.45, 2.75) is 56.9 Å². The number of amides is 1. The van der Waals surface area contributed by atoms with Gasteiger partial charge in [0, 0.05) is 18.8 Å². The van der Waals surface area contributed by atoms with E-state index in [9.17, 15) is 13.2 Å². The summed E-state index contributed by atoms with van der Waals surface area (Å²) in [7, 11) is -3.53. The summed E-state index contributed by atoms with van der Waals surface area (Å²) in [4.78, 5) is 12.3. The second-order valence-electron chi connectivity index (χ2n) is 6.33. The summed E-state index contributed by atoms with van der Waals surface area (Å²) < 4.78 is 27.3. The number of anilines is 1. The van der Waals surface area contributed by atoms with Gasteiger partial charge in [-0.2, -0.15) is 4.31 Å². The molecule has 1 aromatic carbocycles. The van der Waals surface area contributed by atoms with Gasteiger partial charge in [0.1, 0.15) is 0 Å². The molecule has 0 aliphatic carbocycles. The highest BCUT2D eigenvalue weighted by Crippen LogP contribution is 2.26. The summed E-state index contributed by atoms with van der Waals surface area (Å²) in [5.74, 6) is -0.290. The molecule has 1 amide bonds. The van der Waals surface area contributed by atoms with Crippen LogP contribution in [-0.2, 0) is 14.8 Å². The molecule has 1 aliphatic rings. The van der Waals surface area contributed by atoms with Crippen molar-refractivity contribution < 1.29 is 13.2 Å². The number of halogens is 1. The number of benzene rings is 1. The quantitative estimate of drug-likeness (QED) is 0.782. The van der Waals surface area contributed by atoms with Crippen molar-refractivity contribution in [3.8, 4) is 0 Å². The minimum atomic E-state index is -3.53. The summed E-state index contributed by atoms with van der Waals surface area (Å²) in [6.45, 7) is 4.84. The summed E-state index contributed by atoms with van der Waals surface area (Å²) in [5, 5.41) is 2.72. The Labute approximate surface area is 156 Å². The Kier molecular flexibility index (Phi) is 8.34. The van der Waals surface area contributed by atoms with Gasteiger partial charge in [0.25, 0.3) is 0 Å². The van der Waals surface area contributed by atoms with Crippen LogP contribution in [0, 0.1) is 6.92 Å². The van der Waals surface area contributed by atoms with Gasteiger partial charge in [-0.15, -0.1) is 12.4 Å². The molecule has 1 heterocycles. The first-order valence-corrected chi connectivity index (χ1v) is 9.97. The third-order valence-electron chi connectivity index (χ3n) is 4.32. The van der Waals surface area contributed by atoms with Crippen LogP contribution >= 0.6 is 12.4 Å². The van der Waals surface area contributed by atoms with Gasteiger partial charge in [-0.3, -0.25) is 4.79 Å².